The normalized spacial score (nSPS) is 10.4. The first-order valence-electron chi connectivity index (χ1n) is 8.01. The monoisotopic (exact) mass is 325 g/mol. The summed E-state index contributed by atoms with van der Waals surface area (Å²) in [5.41, 5.74) is 0. The van der Waals surface area contributed by atoms with Crippen LogP contribution in [-0.4, -0.2) is 36.1 Å². The Labute approximate surface area is 137 Å². The minimum absolute atomic E-state index is 0.0256. The average Bonchev–Trinajstić information content (AvgIpc) is 2.52. The second kappa shape index (κ2) is 14.8. The molecule has 0 aliphatic carbocycles. The van der Waals surface area contributed by atoms with Crippen molar-refractivity contribution in [3.63, 3.8) is 0 Å². The molecule has 1 amide bonds. The number of carbonyl (C=O) groups is 3. The molecule has 0 bridgehead atoms. The SMILES string of the molecule is C=CCCCCCCCCC(=O)NCCOC(=O)/C=C/C(=O)O. The molecule has 0 radical (unpaired) electrons. The number of esters is 1. The van der Waals surface area contributed by atoms with Crippen molar-refractivity contribution in [3.8, 4) is 0 Å². The van der Waals surface area contributed by atoms with Gasteiger partial charge in [0, 0.05) is 18.6 Å². The molecule has 0 rings (SSSR count). The van der Waals surface area contributed by atoms with Crippen LogP contribution in [0.5, 0.6) is 0 Å². The zero-order valence-corrected chi connectivity index (χ0v) is 13.6. The van der Waals surface area contributed by atoms with Gasteiger partial charge in [0.05, 0.1) is 6.54 Å². The van der Waals surface area contributed by atoms with Crippen LogP contribution in [0.4, 0.5) is 0 Å². The highest BCUT2D eigenvalue weighted by Crippen LogP contribution is 2.08. The van der Waals surface area contributed by atoms with E-state index >= 15 is 0 Å². The Bertz CT molecular complexity index is 404. The van der Waals surface area contributed by atoms with Gasteiger partial charge in [-0.15, -0.1) is 6.58 Å². The number of carboxylic acid groups (broad SMARTS) is 1. The highest BCUT2D eigenvalue weighted by molar-refractivity contribution is 5.90. The van der Waals surface area contributed by atoms with E-state index in [1.807, 2.05) is 6.08 Å². The lowest BCUT2D eigenvalue weighted by molar-refractivity contribution is -0.139. The van der Waals surface area contributed by atoms with Gasteiger partial charge in [-0.25, -0.2) is 9.59 Å². The Morgan fingerprint density at radius 3 is 2.30 bits per heavy atom. The van der Waals surface area contributed by atoms with Crippen LogP contribution in [-0.2, 0) is 19.1 Å². The lowest BCUT2D eigenvalue weighted by Gasteiger charge is -2.05. The number of rotatable bonds is 14. The standard InChI is InChI=1S/C17H27NO5/c1-2-3-4-5-6-7-8-9-10-15(19)18-13-14-23-17(22)12-11-16(20)21/h2,11-12H,1,3-10,13-14H2,(H,18,19)(H,20,21)/b12-11+. The van der Waals surface area contributed by atoms with E-state index in [1.165, 1.54) is 19.3 Å². The largest absolute Gasteiger partial charge is 0.478 e. The molecule has 0 fully saturated rings. The summed E-state index contributed by atoms with van der Waals surface area (Å²) < 4.78 is 4.72. The van der Waals surface area contributed by atoms with E-state index in [2.05, 4.69) is 11.9 Å². The van der Waals surface area contributed by atoms with Crippen LogP contribution in [0, 0.1) is 0 Å². The Hall–Kier alpha value is -2.11. The summed E-state index contributed by atoms with van der Waals surface area (Å²) in [4.78, 5) is 32.7. The minimum Gasteiger partial charge on any atom is -0.478 e. The van der Waals surface area contributed by atoms with Crippen molar-refractivity contribution in [2.75, 3.05) is 13.2 Å². The molecule has 0 aliphatic heterocycles. The molecule has 0 saturated carbocycles. The molecule has 6 heteroatoms. The Balaban J connectivity index is 3.42. The van der Waals surface area contributed by atoms with E-state index < -0.39 is 11.9 Å². The Morgan fingerprint density at radius 2 is 1.65 bits per heavy atom. The quantitative estimate of drug-likeness (QED) is 0.222. The maximum atomic E-state index is 11.5. The molecule has 0 spiro atoms. The van der Waals surface area contributed by atoms with Crippen LogP contribution in [0.15, 0.2) is 24.8 Å². The molecule has 0 aromatic carbocycles. The predicted octanol–water partition coefficient (Wildman–Crippen LogP) is 2.59. The van der Waals surface area contributed by atoms with Crippen LogP contribution in [0.2, 0.25) is 0 Å². The molecule has 0 aliphatic rings. The third-order valence-electron chi connectivity index (χ3n) is 3.09. The van der Waals surface area contributed by atoms with Crippen LogP contribution in [0.1, 0.15) is 51.4 Å². The van der Waals surface area contributed by atoms with Crippen molar-refractivity contribution in [1.82, 2.24) is 5.32 Å². The molecule has 6 nitrogen and oxygen atoms in total. The number of aliphatic carboxylic acids is 1. The molecule has 2 N–H and O–H groups in total. The fraction of sp³-hybridized carbons (Fsp3) is 0.588. The fourth-order valence-electron chi connectivity index (χ4n) is 1.90. The first-order chi connectivity index (χ1) is 11.1. The topological polar surface area (TPSA) is 92.7 Å². The van der Waals surface area contributed by atoms with E-state index in [1.54, 1.807) is 0 Å². The molecule has 0 unspecified atom stereocenters. The maximum Gasteiger partial charge on any atom is 0.331 e. The van der Waals surface area contributed by atoms with Gasteiger partial charge in [0.1, 0.15) is 6.61 Å². The van der Waals surface area contributed by atoms with Gasteiger partial charge in [-0.1, -0.05) is 31.8 Å². The van der Waals surface area contributed by atoms with Gasteiger partial charge in [-0.2, -0.15) is 0 Å². The molecule has 130 valence electrons. The molecule has 0 atom stereocenters. The number of nitrogens with one attached hydrogen (secondary N) is 1. The number of unbranched alkanes of at least 4 members (excludes halogenated alkanes) is 6. The zero-order chi connectivity index (χ0) is 17.3. The summed E-state index contributed by atoms with van der Waals surface area (Å²) in [6.07, 6.45) is 11.6. The maximum absolute atomic E-state index is 11.5. The first kappa shape index (κ1) is 20.9. The third-order valence-corrected chi connectivity index (χ3v) is 3.09. The number of hydrogen-bond acceptors (Lipinski definition) is 4. The summed E-state index contributed by atoms with van der Waals surface area (Å²) in [6.45, 7) is 3.94. The summed E-state index contributed by atoms with van der Waals surface area (Å²) in [7, 11) is 0. The number of ether oxygens (including phenoxy) is 1. The van der Waals surface area contributed by atoms with Gasteiger partial charge < -0.3 is 15.2 Å². The minimum atomic E-state index is -1.21. The van der Waals surface area contributed by atoms with Crippen molar-refractivity contribution in [3.05, 3.63) is 24.8 Å². The average molecular weight is 325 g/mol. The zero-order valence-electron chi connectivity index (χ0n) is 13.6. The number of allylic oxidation sites excluding steroid dienone is 1. The fourth-order valence-corrected chi connectivity index (χ4v) is 1.90. The number of hydrogen-bond donors (Lipinski definition) is 2. The number of carboxylic acids is 1. The van der Waals surface area contributed by atoms with Crippen molar-refractivity contribution in [2.45, 2.75) is 51.4 Å². The van der Waals surface area contributed by atoms with Crippen LogP contribution in [0.3, 0.4) is 0 Å². The van der Waals surface area contributed by atoms with Gasteiger partial charge in [-0.05, 0) is 19.3 Å². The molecule has 0 heterocycles. The van der Waals surface area contributed by atoms with E-state index in [4.69, 9.17) is 9.84 Å². The van der Waals surface area contributed by atoms with E-state index in [0.717, 1.165) is 31.8 Å². The van der Waals surface area contributed by atoms with Gasteiger partial charge in [0.2, 0.25) is 5.91 Å². The highest BCUT2D eigenvalue weighted by Gasteiger charge is 2.02. The van der Waals surface area contributed by atoms with Crippen molar-refractivity contribution >= 4 is 17.8 Å². The molecule has 23 heavy (non-hydrogen) atoms. The summed E-state index contributed by atoms with van der Waals surface area (Å²) in [5.74, 6) is -2.01. The lowest BCUT2D eigenvalue weighted by Crippen LogP contribution is -2.27. The van der Waals surface area contributed by atoms with Crippen LogP contribution < -0.4 is 5.32 Å². The second-order valence-corrected chi connectivity index (χ2v) is 5.14. The third kappa shape index (κ3) is 16.1. The van der Waals surface area contributed by atoms with E-state index in [0.29, 0.717) is 12.5 Å². The van der Waals surface area contributed by atoms with Crippen molar-refractivity contribution < 1.29 is 24.2 Å². The van der Waals surface area contributed by atoms with Gasteiger partial charge >= 0.3 is 11.9 Å². The summed E-state index contributed by atoms with van der Waals surface area (Å²) >= 11 is 0. The van der Waals surface area contributed by atoms with Crippen molar-refractivity contribution in [1.29, 1.82) is 0 Å². The summed E-state index contributed by atoms with van der Waals surface area (Å²) in [5, 5.41) is 11.0. The highest BCUT2D eigenvalue weighted by atomic mass is 16.5. The Kier molecular flexibility index (Phi) is 13.5. The van der Waals surface area contributed by atoms with Gasteiger partial charge in [-0.3, -0.25) is 4.79 Å². The van der Waals surface area contributed by atoms with E-state index in [-0.39, 0.29) is 19.1 Å². The molecule has 0 saturated heterocycles. The van der Waals surface area contributed by atoms with Gasteiger partial charge in [0.25, 0.3) is 0 Å². The number of carbonyl (C=O) groups excluding carboxylic acids is 2. The number of amides is 1. The predicted molar refractivity (Wildman–Crippen MR) is 87.9 cm³/mol. The lowest BCUT2D eigenvalue weighted by atomic mass is 10.1. The van der Waals surface area contributed by atoms with Crippen molar-refractivity contribution in [2.24, 2.45) is 0 Å². The van der Waals surface area contributed by atoms with Gasteiger partial charge in [0.15, 0.2) is 0 Å². The first-order valence-corrected chi connectivity index (χ1v) is 8.01. The molecular formula is C17H27NO5. The van der Waals surface area contributed by atoms with E-state index in [9.17, 15) is 14.4 Å². The molecule has 0 aromatic heterocycles. The Morgan fingerprint density at radius 1 is 1.00 bits per heavy atom. The summed E-state index contributed by atoms with van der Waals surface area (Å²) in [6, 6.07) is 0. The van der Waals surface area contributed by atoms with Crippen LogP contribution in [0.25, 0.3) is 0 Å². The van der Waals surface area contributed by atoms with Crippen LogP contribution >= 0.6 is 0 Å². The molecule has 0 aromatic rings. The second-order valence-electron chi connectivity index (χ2n) is 5.14. The molecular weight excluding hydrogens is 298 g/mol. The smallest absolute Gasteiger partial charge is 0.331 e.